The zero-order valence-electron chi connectivity index (χ0n) is 9.97. The summed E-state index contributed by atoms with van der Waals surface area (Å²) >= 11 is 6.01. The molecule has 0 fully saturated rings. The van der Waals surface area contributed by atoms with E-state index in [0.717, 1.165) is 11.3 Å². The van der Waals surface area contributed by atoms with Gasteiger partial charge < -0.3 is 0 Å². The Bertz CT molecular complexity index is 606. The van der Waals surface area contributed by atoms with Crippen LogP contribution in [0, 0.1) is 18.3 Å². The maximum atomic E-state index is 8.59. The van der Waals surface area contributed by atoms with E-state index in [1.807, 2.05) is 48.0 Å². The van der Waals surface area contributed by atoms with E-state index in [1.165, 1.54) is 11.6 Å². The van der Waals surface area contributed by atoms with Crippen molar-refractivity contribution in [2.75, 3.05) is 0 Å². The topological polar surface area (TPSA) is 41.6 Å². The van der Waals surface area contributed by atoms with Gasteiger partial charge in [-0.2, -0.15) is 10.4 Å². The summed E-state index contributed by atoms with van der Waals surface area (Å²) in [5, 5.41) is 13.3. The van der Waals surface area contributed by atoms with E-state index >= 15 is 0 Å². The first-order valence-corrected chi connectivity index (χ1v) is 5.92. The van der Waals surface area contributed by atoms with Crippen LogP contribution in [0.25, 0.3) is 5.03 Å². The fraction of sp³-hybridized carbons (Fsp3) is 0.143. The average Bonchev–Trinajstić information content (AvgIpc) is 2.73. The van der Waals surface area contributed by atoms with Gasteiger partial charge in [0.2, 0.25) is 0 Å². The summed E-state index contributed by atoms with van der Waals surface area (Å²) in [5.74, 6) is 0. The Morgan fingerprint density at radius 1 is 1.44 bits per heavy atom. The molecule has 3 nitrogen and oxygen atoms in total. The molecule has 2 aromatic rings. The molecule has 4 heteroatoms. The summed E-state index contributed by atoms with van der Waals surface area (Å²) in [7, 11) is 0. The summed E-state index contributed by atoms with van der Waals surface area (Å²) in [6.07, 6.45) is 3.01. The first-order valence-electron chi connectivity index (χ1n) is 5.54. The second kappa shape index (κ2) is 5.52. The Kier molecular flexibility index (Phi) is 3.81. The highest BCUT2D eigenvalue weighted by molar-refractivity contribution is 6.49. The van der Waals surface area contributed by atoms with Gasteiger partial charge >= 0.3 is 0 Å². The molecule has 0 bridgehead atoms. The van der Waals surface area contributed by atoms with Crippen molar-refractivity contribution in [2.45, 2.75) is 13.5 Å². The van der Waals surface area contributed by atoms with Crippen LogP contribution in [-0.4, -0.2) is 9.78 Å². The van der Waals surface area contributed by atoms with Crippen LogP contribution in [0.3, 0.4) is 0 Å². The van der Waals surface area contributed by atoms with Gasteiger partial charge in [0.25, 0.3) is 0 Å². The normalized spacial score (nSPS) is 11.3. The molecule has 0 unspecified atom stereocenters. The number of allylic oxidation sites excluding steroid dienone is 1. The molecule has 0 N–H and O–H groups in total. The van der Waals surface area contributed by atoms with Gasteiger partial charge in [-0.3, -0.25) is 4.68 Å². The molecule has 1 aromatic carbocycles. The van der Waals surface area contributed by atoms with Crippen molar-refractivity contribution in [1.29, 1.82) is 5.26 Å². The number of hydrogen-bond donors (Lipinski definition) is 0. The number of hydrogen-bond acceptors (Lipinski definition) is 2. The lowest BCUT2D eigenvalue weighted by Crippen LogP contribution is -2.03. The monoisotopic (exact) mass is 257 g/mol. The standard InChI is InChI=1S/C14H12ClN3/c1-11-13(14(15)7-8-16)9-17-18(11)10-12-5-3-2-4-6-12/h2-7,9H,10H2,1H3. The molecular weight excluding hydrogens is 246 g/mol. The molecule has 0 saturated carbocycles. The van der Waals surface area contributed by atoms with Crippen molar-refractivity contribution in [3.05, 3.63) is 59.4 Å². The Balaban J connectivity index is 2.27. The molecule has 0 saturated heterocycles. The molecule has 0 aliphatic heterocycles. The van der Waals surface area contributed by atoms with Gasteiger partial charge in [-0.25, -0.2) is 0 Å². The predicted molar refractivity (Wildman–Crippen MR) is 72.0 cm³/mol. The highest BCUT2D eigenvalue weighted by Gasteiger charge is 2.09. The second-order valence-electron chi connectivity index (χ2n) is 3.91. The third-order valence-corrected chi connectivity index (χ3v) is 3.04. The number of aromatic nitrogens is 2. The van der Waals surface area contributed by atoms with E-state index in [-0.39, 0.29) is 0 Å². The number of nitriles is 1. The largest absolute Gasteiger partial charge is 0.265 e. The summed E-state index contributed by atoms with van der Waals surface area (Å²) in [6.45, 7) is 2.64. The minimum atomic E-state index is 0.425. The number of rotatable bonds is 3. The first kappa shape index (κ1) is 12.4. The summed E-state index contributed by atoms with van der Waals surface area (Å²) in [4.78, 5) is 0. The number of benzene rings is 1. The van der Waals surface area contributed by atoms with Gasteiger partial charge in [0.05, 0.1) is 23.8 Å². The van der Waals surface area contributed by atoms with Crippen molar-refractivity contribution >= 4 is 16.6 Å². The van der Waals surface area contributed by atoms with Crippen LogP contribution in [0.15, 0.2) is 42.6 Å². The Labute approximate surface area is 111 Å². The van der Waals surface area contributed by atoms with Crippen LogP contribution in [0.5, 0.6) is 0 Å². The van der Waals surface area contributed by atoms with Crippen LogP contribution in [0.4, 0.5) is 0 Å². The third-order valence-electron chi connectivity index (χ3n) is 2.73. The molecule has 0 atom stereocenters. The van der Waals surface area contributed by atoms with Crippen LogP contribution in [0.2, 0.25) is 0 Å². The third kappa shape index (κ3) is 2.61. The average molecular weight is 258 g/mol. The second-order valence-corrected chi connectivity index (χ2v) is 4.32. The maximum Gasteiger partial charge on any atom is 0.0927 e. The molecule has 0 radical (unpaired) electrons. The molecular formula is C14H12ClN3. The van der Waals surface area contributed by atoms with Crippen LogP contribution in [0.1, 0.15) is 16.8 Å². The van der Waals surface area contributed by atoms with Gasteiger partial charge in [-0.15, -0.1) is 0 Å². The molecule has 0 spiro atoms. The zero-order valence-corrected chi connectivity index (χ0v) is 10.7. The summed E-state index contributed by atoms with van der Waals surface area (Å²) < 4.78 is 1.87. The van der Waals surface area contributed by atoms with E-state index in [0.29, 0.717) is 11.6 Å². The Morgan fingerprint density at radius 2 is 2.17 bits per heavy atom. The van der Waals surface area contributed by atoms with E-state index < -0.39 is 0 Å². The molecule has 0 aliphatic rings. The van der Waals surface area contributed by atoms with Gasteiger partial charge in [0.15, 0.2) is 0 Å². The van der Waals surface area contributed by atoms with E-state index in [4.69, 9.17) is 16.9 Å². The molecule has 90 valence electrons. The minimum absolute atomic E-state index is 0.425. The maximum absolute atomic E-state index is 8.59. The van der Waals surface area contributed by atoms with E-state index in [1.54, 1.807) is 6.20 Å². The van der Waals surface area contributed by atoms with Gasteiger partial charge in [-0.1, -0.05) is 41.9 Å². The quantitative estimate of drug-likeness (QED) is 0.792. The van der Waals surface area contributed by atoms with Gasteiger partial charge in [-0.05, 0) is 12.5 Å². The fourth-order valence-electron chi connectivity index (χ4n) is 1.73. The lowest BCUT2D eigenvalue weighted by Gasteiger charge is -2.05. The first-order chi connectivity index (χ1) is 8.72. The lowest BCUT2D eigenvalue weighted by molar-refractivity contribution is 0.665. The van der Waals surface area contributed by atoms with Crippen LogP contribution in [-0.2, 0) is 6.54 Å². The number of nitrogens with zero attached hydrogens (tertiary/aromatic N) is 3. The molecule has 2 rings (SSSR count). The zero-order chi connectivity index (χ0) is 13.0. The Hall–Kier alpha value is -2.05. The van der Waals surface area contributed by atoms with Crippen LogP contribution < -0.4 is 0 Å². The van der Waals surface area contributed by atoms with Gasteiger partial charge in [0, 0.05) is 17.3 Å². The highest BCUT2D eigenvalue weighted by atomic mass is 35.5. The van der Waals surface area contributed by atoms with Gasteiger partial charge in [0.1, 0.15) is 0 Å². The van der Waals surface area contributed by atoms with Crippen LogP contribution >= 0.6 is 11.6 Å². The van der Waals surface area contributed by atoms with Crippen molar-refractivity contribution in [2.24, 2.45) is 0 Å². The lowest BCUT2D eigenvalue weighted by atomic mass is 10.2. The van der Waals surface area contributed by atoms with Crippen molar-refractivity contribution in [3.8, 4) is 6.07 Å². The van der Waals surface area contributed by atoms with E-state index in [9.17, 15) is 0 Å². The fourth-order valence-corrected chi connectivity index (χ4v) is 1.97. The summed E-state index contributed by atoms with van der Waals surface area (Å²) in [5.41, 5.74) is 2.93. The highest BCUT2D eigenvalue weighted by Crippen LogP contribution is 2.22. The molecule has 1 heterocycles. The smallest absolute Gasteiger partial charge is 0.0927 e. The van der Waals surface area contributed by atoms with Crippen molar-refractivity contribution in [3.63, 3.8) is 0 Å². The Morgan fingerprint density at radius 3 is 2.83 bits per heavy atom. The molecule has 0 aliphatic carbocycles. The molecule has 0 amide bonds. The SMILES string of the molecule is Cc1c(C(Cl)=CC#N)cnn1Cc1ccccc1. The van der Waals surface area contributed by atoms with Crippen molar-refractivity contribution < 1.29 is 0 Å². The van der Waals surface area contributed by atoms with E-state index in [2.05, 4.69) is 5.10 Å². The summed E-state index contributed by atoms with van der Waals surface area (Å²) in [6, 6.07) is 12.0. The minimum Gasteiger partial charge on any atom is -0.265 e. The van der Waals surface area contributed by atoms with Crippen molar-refractivity contribution in [1.82, 2.24) is 9.78 Å². The number of halogens is 1. The molecule has 18 heavy (non-hydrogen) atoms. The molecule has 1 aromatic heterocycles. The predicted octanol–water partition coefficient (Wildman–Crippen LogP) is 3.34.